The SMILES string of the molecule is Cc1ccc(Br)c(Nc2cccc(F)n2)c1. The highest BCUT2D eigenvalue weighted by atomic mass is 79.9. The first kappa shape index (κ1) is 11.1. The molecule has 2 rings (SSSR count). The third-order valence-corrected chi connectivity index (χ3v) is 2.79. The van der Waals surface area contributed by atoms with Crippen LogP contribution >= 0.6 is 15.9 Å². The lowest BCUT2D eigenvalue weighted by Gasteiger charge is -2.08. The molecule has 0 aliphatic rings. The lowest BCUT2D eigenvalue weighted by atomic mass is 10.2. The van der Waals surface area contributed by atoms with Crippen LogP contribution in [0.25, 0.3) is 0 Å². The first-order chi connectivity index (χ1) is 7.65. The van der Waals surface area contributed by atoms with Crippen LogP contribution in [0.3, 0.4) is 0 Å². The van der Waals surface area contributed by atoms with Gasteiger partial charge in [-0.15, -0.1) is 0 Å². The molecule has 0 saturated carbocycles. The summed E-state index contributed by atoms with van der Waals surface area (Å²) in [5, 5.41) is 3.06. The summed E-state index contributed by atoms with van der Waals surface area (Å²) in [4.78, 5) is 3.74. The van der Waals surface area contributed by atoms with Gasteiger partial charge >= 0.3 is 0 Å². The van der Waals surface area contributed by atoms with Crippen molar-refractivity contribution in [2.75, 3.05) is 5.32 Å². The Kier molecular flexibility index (Phi) is 3.19. The number of rotatable bonds is 2. The van der Waals surface area contributed by atoms with Crippen LogP contribution in [-0.2, 0) is 0 Å². The lowest BCUT2D eigenvalue weighted by Crippen LogP contribution is -1.96. The molecular weight excluding hydrogens is 271 g/mol. The molecule has 0 fully saturated rings. The second kappa shape index (κ2) is 4.61. The summed E-state index contributed by atoms with van der Waals surface area (Å²) in [7, 11) is 0. The van der Waals surface area contributed by atoms with Crippen LogP contribution in [0.5, 0.6) is 0 Å². The second-order valence-electron chi connectivity index (χ2n) is 3.45. The Hall–Kier alpha value is -1.42. The third-order valence-electron chi connectivity index (χ3n) is 2.10. The Morgan fingerprint density at radius 2 is 2.06 bits per heavy atom. The Labute approximate surface area is 102 Å². The second-order valence-corrected chi connectivity index (χ2v) is 4.31. The fourth-order valence-electron chi connectivity index (χ4n) is 1.35. The first-order valence-corrected chi connectivity index (χ1v) is 5.60. The fraction of sp³-hybridized carbons (Fsp3) is 0.0833. The zero-order chi connectivity index (χ0) is 11.5. The molecule has 1 N–H and O–H groups in total. The van der Waals surface area contributed by atoms with E-state index in [1.165, 1.54) is 6.07 Å². The number of pyridine rings is 1. The van der Waals surface area contributed by atoms with Crippen molar-refractivity contribution in [1.29, 1.82) is 0 Å². The molecule has 1 heterocycles. The molecule has 0 amide bonds. The normalized spacial score (nSPS) is 10.2. The predicted octanol–water partition coefficient (Wildman–Crippen LogP) is 4.04. The van der Waals surface area contributed by atoms with E-state index in [1.807, 2.05) is 25.1 Å². The molecule has 0 bridgehead atoms. The monoisotopic (exact) mass is 280 g/mol. The number of benzene rings is 1. The predicted molar refractivity (Wildman–Crippen MR) is 66.4 cm³/mol. The molecule has 82 valence electrons. The lowest BCUT2D eigenvalue weighted by molar-refractivity contribution is 0.585. The molecule has 0 aliphatic carbocycles. The van der Waals surface area contributed by atoms with Gasteiger partial charge in [-0.2, -0.15) is 4.39 Å². The molecule has 0 saturated heterocycles. The van der Waals surface area contributed by atoms with Crippen molar-refractivity contribution >= 4 is 27.4 Å². The maximum absolute atomic E-state index is 12.9. The van der Waals surface area contributed by atoms with Gasteiger partial charge in [-0.25, -0.2) is 4.98 Å². The van der Waals surface area contributed by atoms with E-state index in [9.17, 15) is 4.39 Å². The zero-order valence-corrected chi connectivity index (χ0v) is 10.3. The standard InChI is InChI=1S/C12H10BrFN2/c1-8-5-6-9(13)10(7-8)15-12-4-2-3-11(14)16-12/h2-7H,1H3,(H,15,16). The van der Waals surface area contributed by atoms with Crippen LogP contribution in [-0.4, -0.2) is 4.98 Å². The third kappa shape index (κ3) is 2.58. The van der Waals surface area contributed by atoms with Crippen LogP contribution < -0.4 is 5.32 Å². The highest BCUT2D eigenvalue weighted by molar-refractivity contribution is 9.10. The summed E-state index contributed by atoms with van der Waals surface area (Å²) in [6, 6.07) is 10.6. The quantitative estimate of drug-likeness (QED) is 0.840. The molecule has 1 aromatic heterocycles. The van der Waals surface area contributed by atoms with Crippen molar-refractivity contribution in [2.45, 2.75) is 6.92 Å². The minimum atomic E-state index is -0.492. The van der Waals surface area contributed by atoms with Gasteiger partial charge in [0.15, 0.2) is 0 Å². The van der Waals surface area contributed by atoms with Gasteiger partial charge in [-0.3, -0.25) is 0 Å². The number of hydrogen-bond donors (Lipinski definition) is 1. The molecule has 16 heavy (non-hydrogen) atoms. The average Bonchev–Trinajstić information content (AvgIpc) is 2.24. The van der Waals surface area contributed by atoms with E-state index in [-0.39, 0.29) is 0 Å². The maximum Gasteiger partial charge on any atom is 0.214 e. The van der Waals surface area contributed by atoms with Crippen molar-refractivity contribution in [3.05, 3.63) is 52.4 Å². The smallest absolute Gasteiger partial charge is 0.214 e. The Bertz CT molecular complexity index is 514. The van der Waals surface area contributed by atoms with Crippen LogP contribution in [0, 0.1) is 12.9 Å². The summed E-state index contributed by atoms with van der Waals surface area (Å²) in [6.07, 6.45) is 0. The van der Waals surface area contributed by atoms with Crippen molar-refractivity contribution in [3.63, 3.8) is 0 Å². The number of nitrogens with one attached hydrogen (secondary N) is 1. The molecule has 4 heteroatoms. The molecule has 0 atom stereocenters. The van der Waals surface area contributed by atoms with E-state index < -0.39 is 5.95 Å². The minimum Gasteiger partial charge on any atom is -0.339 e. The van der Waals surface area contributed by atoms with Crippen molar-refractivity contribution in [1.82, 2.24) is 4.98 Å². The molecule has 2 aromatic rings. The van der Waals surface area contributed by atoms with Crippen LogP contribution in [0.4, 0.5) is 15.9 Å². The van der Waals surface area contributed by atoms with E-state index in [0.29, 0.717) is 5.82 Å². The first-order valence-electron chi connectivity index (χ1n) is 4.81. The molecule has 0 radical (unpaired) electrons. The maximum atomic E-state index is 12.9. The summed E-state index contributed by atoms with van der Waals surface area (Å²) in [6.45, 7) is 2.00. The largest absolute Gasteiger partial charge is 0.339 e. The number of anilines is 2. The average molecular weight is 281 g/mol. The molecule has 2 nitrogen and oxygen atoms in total. The van der Waals surface area contributed by atoms with E-state index in [1.54, 1.807) is 12.1 Å². The minimum absolute atomic E-state index is 0.492. The zero-order valence-electron chi connectivity index (χ0n) is 8.67. The molecular formula is C12H10BrFN2. The van der Waals surface area contributed by atoms with Crippen molar-refractivity contribution in [2.24, 2.45) is 0 Å². The topological polar surface area (TPSA) is 24.9 Å². The molecule has 0 unspecified atom stereocenters. The summed E-state index contributed by atoms with van der Waals surface area (Å²) in [5.74, 6) is 0.0000699. The highest BCUT2D eigenvalue weighted by Gasteiger charge is 2.02. The molecule has 0 aliphatic heterocycles. The van der Waals surface area contributed by atoms with Gasteiger partial charge in [0.25, 0.3) is 0 Å². The van der Waals surface area contributed by atoms with Crippen LogP contribution in [0.15, 0.2) is 40.9 Å². The van der Waals surface area contributed by atoms with Gasteiger partial charge in [0, 0.05) is 4.47 Å². The van der Waals surface area contributed by atoms with E-state index in [4.69, 9.17) is 0 Å². The van der Waals surface area contributed by atoms with Gasteiger partial charge in [0.05, 0.1) is 5.69 Å². The summed E-state index contributed by atoms with van der Waals surface area (Å²) < 4.78 is 13.8. The van der Waals surface area contributed by atoms with E-state index in [0.717, 1.165) is 15.7 Å². The number of hydrogen-bond acceptors (Lipinski definition) is 2. The van der Waals surface area contributed by atoms with Crippen molar-refractivity contribution in [3.8, 4) is 0 Å². The Balaban J connectivity index is 2.30. The van der Waals surface area contributed by atoms with Gasteiger partial charge in [0.1, 0.15) is 5.82 Å². The van der Waals surface area contributed by atoms with Gasteiger partial charge in [0.2, 0.25) is 5.95 Å². The Morgan fingerprint density at radius 1 is 1.25 bits per heavy atom. The van der Waals surface area contributed by atoms with Gasteiger partial charge < -0.3 is 5.32 Å². The van der Waals surface area contributed by atoms with Gasteiger partial charge in [-0.1, -0.05) is 12.1 Å². The van der Waals surface area contributed by atoms with E-state index in [2.05, 4.69) is 26.2 Å². The fourth-order valence-corrected chi connectivity index (χ4v) is 1.70. The summed E-state index contributed by atoms with van der Waals surface area (Å²) >= 11 is 3.42. The van der Waals surface area contributed by atoms with Crippen LogP contribution in [0.1, 0.15) is 5.56 Å². The van der Waals surface area contributed by atoms with E-state index >= 15 is 0 Å². The Morgan fingerprint density at radius 3 is 2.81 bits per heavy atom. The number of halogens is 2. The van der Waals surface area contributed by atoms with Gasteiger partial charge in [-0.05, 0) is 52.7 Å². The number of aromatic nitrogens is 1. The summed E-state index contributed by atoms with van der Waals surface area (Å²) in [5.41, 5.74) is 2.00. The van der Waals surface area contributed by atoms with Crippen molar-refractivity contribution < 1.29 is 4.39 Å². The molecule has 1 aromatic carbocycles. The highest BCUT2D eigenvalue weighted by Crippen LogP contribution is 2.25. The van der Waals surface area contributed by atoms with Crippen LogP contribution in [0.2, 0.25) is 0 Å². The number of aryl methyl sites for hydroxylation is 1. The number of nitrogens with zero attached hydrogens (tertiary/aromatic N) is 1. The molecule has 0 spiro atoms.